The smallest absolute Gasteiger partial charge is 0.247 e. The Bertz CT molecular complexity index is 678. The summed E-state index contributed by atoms with van der Waals surface area (Å²) in [5, 5.41) is 7.55. The molecule has 0 spiro atoms. The van der Waals surface area contributed by atoms with Crippen LogP contribution in [0, 0.1) is 6.92 Å². The van der Waals surface area contributed by atoms with Gasteiger partial charge in [0.2, 0.25) is 15.0 Å². The van der Waals surface area contributed by atoms with Crippen LogP contribution in [0.4, 0.5) is 0 Å². The maximum Gasteiger partial charge on any atom is 0.247 e. The highest BCUT2D eigenvalue weighted by molar-refractivity contribution is 7.90. The first-order chi connectivity index (χ1) is 8.88. The summed E-state index contributed by atoms with van der Waals surface area (Å²) >= 11 is 0. The van der Waals surface area contributed by atoms with Crippen LogP contribution in [-0.2, 0) is 15.6 Å². The first-order valence-electron chi connectivity index (χ1n) is 5.81. The summed E-state index contributed by atoms with van der Waals surface area (Å²) in [4.78, 5) is 7.72. The first-order valence-corrected chi connectivity index (χ1v) is 7.47. The van der Waals surface area contributed by atoms with Crippen LogP contribution in [-0.4, -0.2) is 33.4 Å². The summed E-state index contributed by atoms with van der Waals surface area (Å²) < 4.78 is 25.9. The first kappa shape index (κ1) is 13.6. The van der Waals surface area contributed by atoms with Crippen molar-refractivity contribution in [2.45, 2.75) is 37.7 Å². The van der Waals surface area contributed by atoms with E-state index in [0.717, 1.165) is 0 Å². The van der Waals surface area contributed by atoms with Crippen molar-refractivity contribution in [3.63, 3.8) is 0 Å². The normalized spacial score (nSPS) is 12.0. The fraction of sp³-hybridized carbons (Fsp3) is 0.455. The van der Waals surface area contributed by atoms with Crippen LogP contribution in [0.1, 0.15) is 31.3 Å². The molecule has 0 aliphatic rings. The molecule has 0 radical (unpaired) electrons. The molecule has 0 unspecified atom stereocenters. The van der Waals surface area contributed by atoms with Crippen molar-refractivity contribution in [3.05, 3.63) is 29.8 Å². The summed E-state index contributed by atoms with van der Waals surface area (Å²) in [6.45, 7) is 5.60. The Hall–Kier alpha value is -1.83. The third kappa shape index (κ3) is 3.14. The zero-order valence-electron chi connectivity index (χ0n) is 11.0. The highest BCUT2D eigenvalue weighted by Gasteiger charge is 2.21. The van der Waals surface area contributed by atoms with Crippen LogP contribution in [0.25, 0.3) is 0 Å². The minimum absolute atomic E-state index is 0.138. The lowest BCUT2D eigenvalue weighted by atomic mass is 10.4. The third-order valence-corrected chi connectivity index (χ3v) is 3.90. The lowest BCUT2D eigenvalue weighted by Crippen LogP contribution is -2.10. The molecule has 0 atom stereocenters. The van der Waals surface area contributed by atoms with E-state index in [2.05, 4.69) is 20.3 Å². The van der Waals surface area contributed by atoms with Crippen LogP contribution < -0.4 is 0 Å². The number of aryl methyl sites for hydroxylation is 1. The van der Waals surface area contributed by atoms with Gasteiger partial charge in [0, 0.05) is 24.1 Å². The van der Waals surface area contributed by atoms with E-state index in [1.807, 2.05) is 13.8 Å². The lowest BCUT2D eigenvalue weighted by molar-refractivity contribution is 0.514. The van der Waals surface area contributed by atoms with E-state index in [-0.39, 0.29) is 17.0 Å². The summed E-state index contributed by atoms with van der Waals surface area (Å²) in [7, 11) is -3.59. The molecular formula is C11H15N5O2S. The Kier molecular flexibility index (Phi) is 3.61. The van der Waals surface area contributed by atoms with Crippen molar-refractivity contribution in [1.29, 1.82) is 0 Å². The van der Waals surface area contributed by atoms with E-state index < -0.39 is 9.84 Å². The third-order valence-electron chi connectivity index (χ3n) is 2.48. The molecule has 0 saturated carbocycles. The van der Waals surface area contributed by atoms with Gasteiger partial charge in [0.15, 0.2) is 0 Å². The van der Waals surface area contributed by atoms with Gasteiger partial charge >= 0.3 is 0 Å². The van der Waals surface area contributed by atoms with Crippen molar-refractivity contribution in [2.24, 2.45) is 0 Å². The van der Waals surface area contributed by atoms with E-state index >= 15 is 0 Å². The molecule has 2 rings (SSSR count). The van der Waals surface area contributed by atoms with Crippen molar-refractivity contribution in [1.82, 2.24) is 25.0 Å². The quantitative estimate of drug-likeness (QED) is 0.774. The highest BCUT2D eigenvalue weighted by atomic mass is 32.2. The number of hydrogen-bond acceptors (Lipinski definition) is 6. The summed E-state index contributed by atoms with van der Waals surface area (Å²) in [5.41, 5.74) is 0.998. The molecule has 2 aromatic rings. The standard InChI is InChI=1S/C11H15N5O2S/c1-8(2)16-6-10(14-15-16)7-19(17,18)11-12-5-4-9(3)13-11/h4-6,8H,7H2,1-3H3. The molecule has 2 heterocycles. The van der Waals surface area contributed by atoms with Gasteiger partial charge in [-0.05, 0) is 26.8 Å². The molecular weight excluding hydrogens is 266 g/mol. The van der Waals surface area contributed by atoms with Crippen LogP contribution >= 0.6 is 0 Å². The van der Waals surface area contributed by atoms with E-state index in [1.165, 1.54) is 6.20 Å². The predicted molar refractivity (Wildman–Crippen MR) is 68.1 cm³/mol. The van der Waals surface area contributed by atoms with Gasteiger partial charge < -0.3 is 0 Å². The molecule has 0 aliphatic carbocycles. The molecule has 0 saturated heterocycles. The second-order valence-corrected chi connectivity index (χ2v) is 6.41. The minimum Gasteiger partial charge on any atom is -0.250 e. The molecule has 0 amide bonds. The molecule has 102 valence electrons. The van der Waals surface area contributed by atoms with Gasteiger partial charge in [0.25, 0.3) is 0 Å². The number of nitrogens with zero attached hydrogens (tertiary/aromatic N) is 5. The van der Waals surface area contributed by atoms with Crippen molar-refractivity contribution < 1.29 is 8.42 Å². The average molecular weight is 281 g/mol. The zero-order chi connectivity index (χ0) is 14.0. The van der Waals surface area contributed by atoms with Gasteiger partial charge in [-0.3, -0.25) is 0 Å². The second-order valence-electron chi connectivity index (χ2n) is 4.52. The van der Waals surface area contributed by atoms with E-state index in [1.54, 1.807) is 23.9 Å². The molecule has 19 heavy (non-hydrogen) atoms. The summed E-state index contributed by atoms with van der Waals surface area (Å²) in [6.07, 6.45) is 3.05. The average Bonchev–Trinajstić information content (AvgIpc) is 2.77. The van der Waals surface area contributed by atoms with Gasteiger partial charge in [0.05, 0.1) is 5.69 Å². The second kappa shape index (κ2) is 5.04. The molecule has 0 N–H and O–H groups in total. The molecule has 0 bridgehead atoms. The number of hydrogen-bond donors (Lipinski definition) is 0. The largest absolute Gasteiger partial charge is 0.250 e. The van der Waals surface area contributed by atoms with Crippen molar-refractivity contribution in [2.75, 3.05) is 0 Å². The summed E-state index contributed by atoms with van der Waals surface area (Å²) in [5.74, 6) is -0.247. The zero-order valence-corrected chi connectivity index (χ0v) is 11.8. The number of rotatable bonds is 4. The Balaban J connectivity index is 2.26. The summed E-state index contributed by atoms with van der Waals surface area (Å²) in [6, 6.07) is 1.79. The van der Waals surface area contributed by atoms with E-state index in [9.17, 15) is 8.42 Å². The Labute approximate surface area is 111 Å². The molecule has 7 nitrogen and oxygen atoms in total. The van der Waals surface area contributed by atoms with Crippen LogP contribution in [0.3, 0.4) is 0 Å². The highest BCUT2D eigenvalue weighted by Crippen LogP contribution is 2.12. The Morgan fingerprint density at radius 3 is 2.68 bits per heavy atom. The minimum atomic E-state index is -3.59. The molecule has 0 fully saturated rings. The Morgan fingerprint density at radius 2 is 2.11 bits per heavy atom. The molecule has 0 aliphatic heterocycles. The van der Waals surface area contributed by atoms with Gasteiger partial charge in [0.1, 0.15) is 5.75 Å². The van der Waals surface area contributed by atoms with Crippen LogP contribution in [0.2, 0.25) is 0 Å². The van der Waals surface area contributed by atoms with Crippen molar-refractivity contribution in [3.8, 4) is 0 Å². The topological polar surface area (TPSA) is 90.6 Å². The molecule has 0 aromatic carbocycles. The van der Waals surface area contributed by atoms with E-state index in [4.69, 9.17) is 0 Å². The van der Waals surface area contributed by atoms with Gasteiger partial charge in [-0.25, -0.2) is 23.1 Å². The maximum absolute atomic E-state index is 12.1. The Morgan fingerprint density at radius 1 is 1.37 bits per heavy atom. The number of sulfone groups is 1. The molecule has 2 aromatic heterocycles. The molecule has 8 heteroatoms. The van der Waals surface area contributed by atoms with Crippen LogP contribution in [0.5, 0.6) is 0 Å². The fourth-order valence-corrected chi connectivity index (χ4v) is 2.62. The van der Waals surface area contributed by atoms with E-state index in [0.29, 0.717) is 11.4 Å². The van der Waals surface area contributed by atoms with Crippen LogP contribution in [0.15, 0.2) is 23.6 Å². The van der Waals surface area contributed by atoms with Crippen molar-refractivity contribution >= 4 is 9.84 Å². The van der Waals surface area contributed by atoms with Gasteiger partial charge in [-0.2, -0.15) is 0 Å². The monoisotopic (exact) mass is 281 g/mol. The SMILES string of the molecule is Cc1ccnc(S(=O)(=O)Cc2cn(C(C)C)nn2)n1. The lowest BCUT2D eigenvalue weighted by Gasteiger charge is -2.02. The van der Waals surface area contributed by atoms with Gasteiger partial charge in [-0.1, -0.05) is 5.21 Å². The maximum atomic E-state index is 12.1. The fourth-order valence-electron chi connectivity index (χ4n) is 1.47. The van der Waals surface area contributed by atoms with Gasteiger partial charge in [-0.15, -0.1) is 5.10 Å². The number of aromatic nitrogens is 5. The predicted octanol–water partition coefficient (Wildman–Crippen LogP) is 0.931.